The van der Waals surface area contributed by atoms with Crippen molar-refractivity contribution in [1.29, 1.82) is 0 Å². The first-order chi connectivity index (χ1) is 11.7. The van der Waals surface area contributed by atoms with E-state index >= 15 is 0 Å². The molecular formula is C22H26O3. The summed E-state index contributed by atoms with van der Waals surface area (Å²) in [6.45, 7) is 7.97. The number of phenolic OH excluding ortho intramolecular Hbond substituents is 1. The van der Waals surface area contributed by atoms with Gasteiger partial charge in [0.2, 0.25) is 0 Å². The van der Waals surface area contributed by atoms with Crippen molar-refractivity contribution in [3.8, 4) is 16.9 Å². The van der Waals surface area contributed by atoms with Gasteiger partial charge in [-0.1, -0.05) is 32.9 Å². The minimum absolute atomic E-state index is 0.209. The molecular weight excluding hydrogens is 312 g/mol. The number of hydrogen-bond acceptors (Lipinski definition) is 2. The molecule has 0 fully saturated rings. The van der Waals surface area contributed by atoms with Crippen LogP contribution in [0, 0.1) is 0 Å². The third kappa shape index (κ3) is 3.41. The number of aliphatic carboxylic acids is 1. The Morgan fingerprint density at radius 2 is 1.16 bits per heavy atom. The van der Waals surface area contributed by atoms with E-state index in [1.54, 1.807) is 0 Å². The second-order valence-electron chi connectivity index (χ2n) is 8.08. The lowest BCUT2D eigenvalue weighted by atomic mass is 9.72. The first-order valence-electron chi connectivity index (χ1n) is 8.87. The molecule has 2 aliphatic carbocycles. The minimum atomic E-state index is -0.833. The van der Waals surface area contributed by atoms with Gasteiger partial charge in [0, 0.05) is 6.92 Å². The van der Waals surface area contributed by atoms with E-state index in [1.165, 1.54) is 38.9 Å². The Kier molecular flexibility index (Phi) is 4.36. The topological polar surface area (TPSA) is 57.5 Å². The molecule has 2 aliphatic rings. The average Bonchev–Trinajstić information content (AvgIpc) is 2.50. The van der Waals surface area contributed by atoms with E-state index in [-0.39, 0.29) is 5.41 Å². The first-order valence-corrected chi connectivity index (χ1v) is 8.87. The number of rotatable bonds is 0. The molecule has 0 bridgehead atoms. The SMILES string of the molecule is CC(=O)O.CC(C)(C)c1cc2c3c(c1)CCc1cc(O)cc(c1-3)CC2. The van der Waals surface area contributed by atoms with Gasteiger partial charge in [-0.3, -0.25) is 4.79 Å². The van der Waals surface area contributed by atoms with Crippen molar-refractivity contribution in [2.45, 2.75) is 58.8 Å². The van der Waals surface area contributed by atoms with Gasteiger partial charge in [0.1, 0.15) is 5.75 Å². The number of benzene rings is 2. The summed E-state index contributed by atoms with van der Waals surface area (Å²) < 4.78 is 0. The van der Waals surface area contributed by atoms with E-state index in [2.05, 4.69) is 32.9 Å². The molecule has 0 amide bonds. The summed E-state index contributed by atoms with van der Waals surface area (Å²) >= 11 is 0. The van der Waals surface area contributed by atoms with Gasteiger partial charge in [0.25, 0.3) is 5.97 Å². The van der Waals surface area contributed by atoms with Crippen molar-refractivity contribution in [3.05, 3.63) is 52.1 Å². The highest BCUT2D eigenvalue weighted by Gasteiger charge is 2.28. The van der Waals surface area contributed by atoms with Crippen LogP contribution in [0.25, 0.3) is 11.1 Å². The second kappa shape index (κ2) is 6.21. The highest BCUT2D eigenvalue weighted by Crippen LogP contribution is 2.45. The summed E-state index contributed by atoms with van der Waals surface area (Å²) in [7, 11) is 0. The van der Waals surface area contributed by atoms with Gasteiger partial charge in [0.05, 0.1) is 0 Å². The van der Waals surface area contributed by atoms with Crippen molar-refractivity contribution in [3.63, 3.8) is 0 Å². The Balaban J connectivity index is 0.000000415. The number of carbonyl (C=O) groups is 1. The Hall–Kier alpha value is -2.29. The van der Waals surface area contributed by atoms with Gasteiger partial charge in [-0.25, -0.2) is 0 Å². The molecule has 4 rings (SSSR count). The summed E-state index contributed by atoms with van der Waals surface area (Å²) in [6.07, 6.45) is 4.30. The lowest BCUT2D eigenvalue weighted by molar-refractivity contribution is -0.134. The smallest absolute Gasteiger partial charge is 0.300 e. The van der Waals surface area contributed by atoms with Crippen molar-refractivity contribution in [2.24, 2.45) is 0 Å². The predicted octanol–water partition coefficient (Wildman–Crippen LogP) is 4.64. The highest BCUT2D eigenvalue weighted by molar-refractivity contribution is 5.82. The zero-order chi connectivity index (χ0) is 18.4. The molecule has 0 spiro atoms. The summed E-state index contributed by atoms with van der Waals surface area (Å²) in [5.74, 6) is -0.401. The molecule has 132 valence electrons. The Morgan fingerprint density at radius 1 is 0.840 bits per heavy atom. The molecule has 0 aromatic heterocycles. The average molecular weight is 338 g/mol. The van der Waals surface area contributed by atoms with Crippen molar-refractivity contribution in [1.82, 2.24) is 0 Å². The molecule has 3 nitrogen and oxygen atoms in total. The van der Waals surface area contributed by atoms with E-state index in [0.717, 1.165) is 32.6 Å². The van der Waals surface area contributed by atoms with Crippen molar-refractivity contribution in [2.75, 3.05) is 0 Å². The van der Waals surface area contributed by atoms with Crippen LogP contribution in [-0.2, 0) is 35.9 Å². The molecule has 0 aliphatic heterocycles. The fourth-order valence-electron chi connectivity index (χ4n) is 3.92. The van der Waals surface area contributed by atoms with Crippen LogP contribution in [0.2, 0.25) is 0 Å². The van der Waals surface area contributed by atoms with Gasteiger partial charge < -0.3 is 10.2 Å². The monoisotopic (exact) mass is 338 g/mol. The van der Waals surface area contributed by atoms with Gasteiger partial charge in [0.15, 0.2) is 0 Å². The summed E-state index contributed by atoms with van der Waals surface area (Å²) in [6, 6.07) is 8.77. The third-order valence-corrected chi connectivity index (χ3v) is 5.03. The van der Waals surface area contributed by atoms with Gasteiger partial charge in [-0.05, 0) is 82.2 Å². The zero-order valence-corrected chi connectivity index (χ0v) is 15.4. The molecule has 2 aromatic carbocycles. The normalized spacial score (nSPS) is 14.2. The van der Waals surface area contributed by atoms with Gasteiger partial charge in [-0.2, -0.15) is 0 Å². The van der Waals surface area contributed by atoms with Crippen LogP contribution in [-0.4, -0.2) is 16.2 Å². The van der Waals surface area contributed by atoms with E-state index in [9.17, 15) is 5.11 Å². The molecule has 3 heteroatoms. The standard InChI is InChI=1S/C20H22O.C2H4O2/c1-20(2,3)16-8-12-4-6-14-10-17(21)11-15-7-5-13(9-16)18(12)19(14)15;1-2(3)4/h8-11,21H,4-7H2,1-3H3;1H3,(H,3,4). The zero-order valence-electron chi connectivity index (χ0n) is 15.4. The van der Waals surface area contributed by atoms with Crippen LogP contribution in [0.1, 0.15) is 55.5 Å². The maximum absolute atomic E-state index is 9.92. The quantitative estimate of drug-likeness (QED) is 0.735. The number of aryl methyl sites for hydroxylation is 4. The molecule has 0 atom stereocenters. The Labute approximate surface area is 149 Å². The number of aromatic hydroxyl groups is 1. The first kappa shape index (κ1) is 17.5. The highest BCUT2D eigenvalue weighted by atomic mass is 16.4. The third-order valence-electron chi connectivity index (χ3n) is 5.03. The summed E-state index contributed by atoms with van der Waals surface area (Å²) in [5, 5.41) is 17.3. The largest absolute Gasteiger partial charge is 0.508 e. The Morgan fingerprint density at radius 3 is 1.48 bits per heavy atom. The lowest BCUT2D eigenvalue weighted by Gasteiger charge is -2.32. The molecule has 0 saturated heterocycles. The maximum Gasteiger partial charge on any atom is 0.300 e. The van der Waals surface area contributed by atoms with Gasteiger partial charge in [-0.15, -0.1) is 0 Å². The minimum Gasteiger partial charge on any atom is -0.508 e. The molecule has 0 saturated carbocycles. The molecule has 0 radical (unpaired) electrons. The predicted molar refractivity (Wildman–Crippen MR) is 100 cm³/mol. The number of carboxylic acids is 1. The van der Waals surface area contributed by atoms with E-state index in [0.29, 0.717) is 5.75 Å². The van der Waals surface area contributed by atoms with Crippen LogP contribution >= 0.6 is 0 Å². The van der Waals surface area contributed by atoms with Crippen LogP contribution < -0.4 is 0 Å². The molecule has 0 unspecified atom stereocenters. The summed E-state index contributed by atoms with van der Waals surface area (Å²) in [4.78, 5) is 9.00. The van der Waals surface area contributed by atoms with Crippen LogP contribution in [0.4, 0.5) is 0 Å². The van der Waals surface area contributed by atoms with E-state index < -0.39 is 5.97 Å². The number of phenols is 1. The van der Waals surface area contributed by atoms with E-state index in [4.69, 9.17) is 9.90 Å². The van der Waals surface area contributed by atoms with Crippen molar-refractivity contribution < 1.29 is 15.0 Å². The molecule has 2 N–H and O–H groups in total. The number of carboxylic acid groups (broad SMARTS) is 1. The fourth-order valence-corrected chi connectivity index (χ4v) is 3.92. The van der Waals surface area contributed by atoms with Crippen LogP contribution in [0.15, 0.2) is 24.3 Å². The molecule has 0 heterocycles. The number of hydrogen-bond donors (Lipinski definition) is 2. The fraction of sp³-hybridized carbons (Fsp3) is 0.409. The lowest BCUT2D eigenvalue weighted by Crippen LogP contribution is -2.18. The van der Waals surface area contributed by atoms with Crippen LogP contribution in [0.3, 0.4) is 0 Å². The van der Waals surface area contributed by atoms with Gasteiger partial charge >= 0.3 is 0 Å². The van der Waals surface area contributed by atoms with Crippen molar-refractivity contribution >= 4 is 5.97 Å². The maximum atomic E-state index is 9.92. The Bertz CT molecular complexity index is 787. The molecule has 25 heavy (non-hydrogen) atoms. The van der Waals surface area contributed by atoms with E-state index in [1.807, 2.05) is 12.1 Å². The molecule has 2 aromatic rings. The van der Waals surface area contributed by atoms with Crippen LogP contribution in [0.5, 0.6) is 5.75 Å². The summed E-state index contributed by atoms with van der Waals surface area (Å²) in [5.41, 5.74) is 10.3. The second-order valence-corrected chi connectivity index (χ2v) is 8.08.